The molecule has 2 amide bonds. The summed E-state index contributed by atoms with van der Waals surface area (Å²) in [4.78, 5) is 27.6. The van der Waals surface area contributed by atoms with Gasteiger partial charge in [0.2, 0.25) is 0 Å². The minimum atomic E-state index is -0.663. The second kappa shape index (κ2) is 9.27. The number of carbonyl (C=O) groups is 2. The Morgan fingerprint density at radius 1 is 0.667 bits per heavy atom. The fourth-order valence-corrected chi connectivity index (χ4v) is 3.01. The molecule has 3 aromatic rings. The summed E-state index contributed by atoms with van der Waals surface area (Å²) < 4.78 is 0. The van der Waals surface area contributed by atoms with Crippen LogP contribution in [-0.4, -0.2) is 25.9 Å². The maximum absolute atomic E-state index is 12.8. The van der Waals surface area contributed by atoms with E-state index in [1.165, 1.54) is 0 Å². The Kier molecular flexibility index (Phi) is 6.52. The van der Waals surface area contributed by atoms with Gasteiger partial charge >= 0.3 is 0 Å². The zero-order chi connectivity index (χ0) is 21.7. The minimum absolute atomic E-state index is 0.249. The van der Waals surface area contributed by atoms with E-state index in [2.05, 4.69) is 10.6 Å². The first-order valence-electron chi connectivity index (χ1n) is 9.86. The quantitative estimate of drug-likeness (QED) is 0.608. The van der Waals surface area contributed by atoms with Gasteiger partial charge in [-0.3, -0.25) is 9.59 Å². The Hall–Kier alpha value is -3.60. The first-order chi connectivity index (χ1) is 14.3. The van der Waals surface area contributed by atoms with Gasteiger partial charge in [0.25, 0.3) is 11.8 Å². The molecule has 30 heavy (non-hydrogen) atoms. The van der Waals surface area contributed by atoms with Crippen LogP contribution in [0.3, 0.4) is 0 Å². The molecule has 0 saturated carbocycles. The molecule has 0 saturated heterocycles. The molecule has 0 aromatic heterocycles. The molecule has 0 bridgehead atoms. The van der Waals surface area contributed by atoms with Gasteiger partial charge in [-0.25, -0.2) is 0 Å². The molecular weight excluding hydrogens is 374 g/mol. The number of nitrogens with zero attached hydrogens (tertiary/aromatic N) is 1. The van der Waals surface area contributed by atoms with Crippen molar-refractivity contribution in [3.63, 3.8) is 0 Å². The van der Waals surface area contributed by atoms with Crippen LogP contribution in [0.1, 0.15) is 43.6 Å². The van der Waals surface area contributed by atoms with Crippen LogP contribution in [-0.2, 0) is 0 Å². The summed E-state index contributed by atoms with van der Waals surface area (Å²) in [6.45, 7) is 3.94. The third kappa shape index (κ3) is 5.26. The Morgan fingerprint density at radius 3 is 1.43 bits per heavy atom. The zero-order valence-electron chi connectivity index (χ0n) is 17.8. The highest BCUT2D eigenvalue weighted by Gasteiger charge is 2.19. The first-order valence-corrected chi connectivity index (χ1v) is 9.86. The minimum Gasteiger partial charge on any atom is -0.378 e. The number of rotatable bonds is 6. The first kappa shape index (κ1) is 21.1. The van der Waals surface area contributed by atoms with E-state index in [4.69, 9.17) is 0 Å². The van der Waals surface area contributed by atoms with Crippen LogP contribution in [0.15, 0.2) is 72.8 Å². The fraction of sp³-hybridized carbons (Fsp3) is 0.200. The second-order valence-corrected chi connectivity index (χ2v) is 7.60. The van der Waals surface area contributed by atoms with Gasteiger partial charge in [-0.2, -0.15) is 0 Å². The summed E-state index contributed by atoms with van der Waals surface area (Å²) in [6.07, 6.45) is -0.663. The Bertz CT molecular complexity index is 948. The molecule has 0 aliphatic heterocycles. The highest BCUT2D eigenvalue weighted by molar-refractivity contribution is 5.96. The highest BCUT2D eigenvalue weighted by atomic mass is 16.2. The lowest BCUT2D eigenvalue weighted by Crippen LogP contribution is -2.41. The summed E-state index contributed by atoms with van der Waals surface area (Å²) in [5, 5.41) is 5.89. The molecule has 0 aliphatic rings. The predicted molar refractivity (Wildman–Crippen MR) is 121 cm³/mol. The van der Waals surface area contributed by atoms with Gasteiger partial charge in [-0.05, 0) is 55.8 Å². The molecule has 5 heteroatoms. The van der Waals surface area contributed by atoms with Gasteiger partial charge < -0.3 is 15.5 Å². The summed E-state index contributed by atoms with van der Waals surface area (Å²) in [5.74, 6) is -0.498. The van der Waals surface area contributed by atoms with Gasteiger partial charge in [-0.1, -0.05) is 47.5 Å². The van der Waals surface area contributed by atoms with Crippen molar-refractivity contribution in [2.24, 2.45) is 0 Å². The number of benzene rings is 3. The van der Waals surface area contributed by atoms with Crippen molar-refractivity contribution in [2.75, 3.05) is 19.0 Å². The van der Waals surface area contributed by atoms with Crippen molar-refractivity contribution in [3.05, 3.63) is 101 Å². The van der Waals surface area contributed by atoms with E-state index in [-0.39, 0.29) is 11.8 Å². The largest absolute Gasteiger partial charge is 0.378 e. The predicted octanol–water partition coefficient (Wildman–Crippen LogP) is 4.23. The lowest BCUT2D eigenvalue weighted by molar-refractivity contribution is 0.0883. The lowest BCUT2D eigenvalue weighted by atomic mass is 10.1. The average Bonchev–Trinajstić information content (AvgIpc) is 2.74. The Balaban J connectivity index is 1.85. The van der Waals surface area contributed by atoms with Crippen LogP contribution in [0.2, 0.25) is 0 Å². The van der Waals surface area contributed by atoms with Crippen molar-refractivity contribution in [1.82, 2.24) is 10.6 Å². The number of amides is 2. The molecule has 3 aromatic carbocycles. The summed E-state index contributed by atoms with van der Waals surface area (Å²) in [5.41, 5.74) is 5.07. The maximum atomic E-state index is 12.8. The maximum Gasteiger partial charge on any atom is 0.253 e. The van der Waals surface area contributed by atoms with Gasteiger partial charge in [0.1, 0.15) is 6.17 Å². The standard InChI is InChI=1S/C25H27N3O2/c1-17-5-9-20(10-6-17)24(29)26-23(19-13-15-22(16-14-19)28(3)4)27-25(30)21-11-7-18(2)8-12-21/h5-16,23H,1-4H3,(H,26,29)(H,27,30). The van der Waals surface area contributed by atoms with E-state index >= 15 is 0 Å². The van der Waals surface area contributed by atoms with E-state index in [1.54, 1.807) is 24.3 Å². The van der Waals surface area contributed by atoms with Crippen molar-refractivity contribution in [1.29, 1.82) is 0 Å². The summed E-state index contributed by atoms with van der Waals surface area (Å²) >= 11 is 0. The Morgan fingerprint density at radius 2 is 1.07 bits per heavy atom. The molecule has 2 N–H and O–H groups in total. The molecule has 0 fully saturated rings. The molecule has 5 nitrogen and oxygen atoms in total. The molecular formula is C25H27N3O2. The number of aryl methyl sites for hydroxylation is 2. The molecule has 3 rings (SSSR count). The lowest BCUT2D eigenvalue weighted by Gasteiger charge is -2.22. The zero-order valence-corrected chi connectivity index (χ0v) is 17.8. The summed E-state index contributed by atoms with van der Waals surface area (Å²) in [6, 6.07) is 22.4. The van der Waals surface area contributed by atoms with Crippen LogP contribution in [0.25, 0.3) is 0 Å². The van der Waals surface area contributed by atoms with E-state index < -0.39 is 6.17 Å². The van der Waals surface area contributed by atoms with E-state index in [0.29, 0.717) is 11.1 Å². The molecule has 0 unspecified atom stereocenters. The highest BCUT2D eigenvalue weighted by Crippen LogP contribution is 2.18. The molecule has 0 spiro atoms. The monoisotopic (exact) mass is 401 g/mol. The third-order valence-corrected chi connectivity index (χ3v) is 4.92. The normalized spacial score (nSPS) is 10.6. The van der Waals surface area contributed by atoms with Crippen LogP contribution in [0, 0.1) is 13.8 Å². The van der Waals surface area contributed by atoms with Gasteiger partial charge in [-0.15, -0.1) is 0 Å². The number of hydrogen-bond donors (Lipinski definition) is 2. The number of nitrogens with one attached hydrogen (secondary N) is 2. The Labute approximate surface area is 177 Å². The number of carbonyl (C=O) groups excluding carboxylic acids is 2. The molecule has 0 radical (unpaired) electrons. The molecule has 154 valence electrons. The van der Waals surface area contributed by atoms with Gasteiger partial charge in [0, 0.05) is 30.9 Å². The second-order valence-electron chi connectivity index (χ2n) is 7.60. The average molecular weight is 402 g/mol. The molecule has 0 aliphatic carbocycles. The number of anilines is 1. The number of hydrogen-bond acceptors (Lipinski definition) is 3. The molecule has 0 heterocycles. The van der Waals surface area contributed by atoms with E-state index in [0.717, 1.165) is 22.4 Å². The fourth-order valence-electron chi connectivity index (χ4n) is 3.01. The van der Waals surface area contributed by atoms with E-state index in [9.17, 15) is 9.59 Å². The van der Waals surface area contributed by atoms with Crippen molar-refractivity contribution in [3.8, 4) is 0 Å². The van der Waals surface area contributed by atoms with Crippen molar-refractivity contribution in [2.45, 2.75) is 20.0 Å². The smallest absolute Gasteiger partial charge is 0.253 e. The van der Waals surface area contributed by atoms with Crippen LogP contribution in [0.4, 0.5) is 5.69 Å². The van der Waals surface area contributed by atoms with Gasteiger partial charge in [0.15, 0.2) is 0 Å². The third-order valence-electron chi connectivity index (χ3n) is 4.92. The van der Waals surface area contributed by atoms with Crippen LogP contribution < -0.4 is 15.5 Å². The molecule has 0 atom stereocenters. The van der Waals surface area contributed by atoms with Gasteiger partial charge in [0.05, 0.1) is 0 Å². The van der Waals surface area contributed by atoms with Crippen LogP contribution in [0.5, 0.6) is 0 Å². The summed E-state index contributed by atoms with van der Waals surface area (Å²) in [7, 11) is 3.93. The van der Waals surface area contributed by atoms with Crippen LogP contribution >= 0.6 is 0 Å². The SMILES string of the molecule is Cc1ccc(C(=O)NC(NC(=O)c2ccc(C)cc2)c2ccc(N(C)C)cc2)cc1. The topological polar surface area (TPSA) is 61.4 Å². The van der Waals surface area contributed by atoms with Crippen molar-refractivity contribution < 1.29 is 9.59 Å². The van der Waals surface area contributed by atoms with E-state index in [1.807, 2.05) is 81.4 Å². The van der Waals surface area contributed by atoms with Crippen molar-refractivity contribution >= 4 is 17.5 Å².